The Kier molecular flexibility index (Phi) is 4.13. The normalized spacial score (nSPS) is 11.9. The van der Waals surface area contributed by atoms with E-state index >= 15 is 0 Å². The average Bonchev–Trinajstić information content (AvgIpc) is 3.09. The number of furan rings is 1. The number of para-hydroxylation sites is 2. The van der Waals surface area contributed by atoms with E-state index in [1.54, 1.807) is 0 Å². The maximum Gasteiger partial charge on any atom is 0.157 e. The lowest BCUT2D eigenvalue weighted by molar-refractivity contribution is 0.647. The lowest BCUT2D eigenvalue weighted by atomic mass is 9.95. The second-order valence-corrected chi connectivity index (χ2v) is 8.27. The third kappa shape index (κ3) is 2.89. The molecular formula is C26H24N2O. The molecule has 0 fully saturated rings. The molecule has 5 aromatic rings. The standard InChI is InChI=1S/C26H24N2O/c1-15(2)13-19-14-18-9-5-7-11-21(18)27-24(19)23-16(3)17(4)26-25(28-23)20-10-6-8-12-22(20)29-26/h5-12,14-15H,13H2,1-4H3. The first-order chi connectivity index (χ1) is 14.0. The number of rotatable bonds is 3. The molecule has 3 nitrogen and oxygen atoms in total. The van der Waals surface area contributed by atoms with Gasteiger partial charge in [0.1, 0.15) is 11.1 Å². The Bertz CT molecular complexity index is 1380. The molecule has 0 aliphatic heterocycles. The van der Waals surface area contributed by atoms with Crippen molar-refractivity contribution in [2.24, 2.45) is 5.92 Å². The van der Waals surface area contributed by atoms with Crippen LogP contribution < -0.4 is 0 Å². The molecule has 0 saturated carbocycles. The van der Waals surface area contributed by atoms with E-state index in [0.29, 0.717) is 5.92 Å². The SMILES string of the molecule is Cc1c(-c2nc3ccccc3cc2CC(C)C)nc2c(oc3ccccc32)c1C. The summed E-state index contributed by atoms with van der Waals surface area (Å²) in [4.78, 5) is 10.2. The zero-order valence-electron chi connectivity index (χ0n) is 17.3. The van der Waals surface area contributed by atoms with E-state index in [0.717, 1.165) is 56.5 Å². The first kappa shape index (κ1) is 17.9. The van der Waals surface area contributed by atoms with Gasteiger partial charge in [0.25, 0.3) is 0 Å². The van der Waals surface area contributed by atoms with Crippen LogP contribution in [0.2, 0.25) is 0 Å². The number of nitrogens with zero attached hydrogens (tertiary/aromatic N) is 2. The van der Waals surface area contributed by atoms with Gasteiger partial charge in [0.15, 0.2) is 5.58 Å². The molecule has 3 heterocycles. The van der Waals surface area contributed by atoms with Crippen LogP contribution in [-0.2, 0) is 6.42 Å². The fourth-order valence-corrected chi connectivity index (χ4v) is 4.13. The molecule has 3 heteroatoms. The van der Waals surface area contributed by atoms with Crippen LogP contribution in [0.1, 0.15) is 30.5 Å². The van der Waals surface area contributed by atoms with E-state index in [1.807, 2.05) is 24.3 Å². The van der Waals surface area contributed by atoms with Crippen LogP contribution in [0.15, 0.2) is 59.0 Å². The topological polar surface area (TPSA) is 38.9 Å². The van der Waals surface area contributed by atoms with Crippen molar-refractivity contribution in [3.05, 3.63) is 71.3 Å². The number of benzene rings is 2. The minimum atomic E-state index is 0.539. The Morgan fingerprint density at radius 2 is 1.62 bits per heavy atom. The first-order valence-electron chi connectivity index (χ1n) is 10.2. The van der Waals surface area contributed by atoms with Gasteiger partial charge in [0, 0.05) is 10.8 Å². The van der Waals surface area contributed by atoms with Crippen LogP contribution in [0.4, 0.5) is 0 Å². The van der Waals surface area contributed by atoms with Gasteiger partial charge in [-0.15, -0.1) is 0 Å². The number of aryl methyl sites for hydroxylation is 1. The molecule has 3 aromatic heterocycles. The third-order valence-electron chi connectivity index (χ3n) is 5.71. The Labute approximate surface area is 170 Å². The number of hydrogen-bond acceptors (Lipinski definition) is 3. The zero-order chi connectivity index (χ0) is 20.1. The summed E-state index contributed by atoms with van der Waals surface area (Å²) < 4.78 is 6.14. The highest BCUT2D eigenvalue weighted by molar-refractivity contribution is 6.04. The summed E-state index contributed by atoms with van der Waals surface area (Å²) in [7, 11) is 0. The maximum atomic E-state index is 6.14. The number of hydrogen-bond donors (Lipinski definition) is 0. The van der Waals surface area contributed by atoms with Crippen molar-refractivity contribution in [2.75, 3.05) is 0 Å². The molecule has 0 amide bonds. The smallest absolute Gasteiger partial charge is 0.157 e. The van der Waals surface area contributed by atoms with Gasteiger partial charge in [0.05, 0.1) is 16.9 Å². The van der Waals surface area contributed by atoms with Gasteiger partial charge >= 0.3 is 0 Å². The minimum absolute atomic E-state index is 0.539. The molecule has 0 aliphatic rings. The molecule has 0 saturated heterocycles. The summed E-state index contributed by atoms with van der Waals surface area (Å²) in [6, 6.07) is 18.7. The molecular weight excluding hydrogens is 356 g/mol. The quantitative estimate of drug-likeness (QED) is 0.338. The molecule has 144 valence electrons. The van der Waals surface area contributed by atoms with Gasteiger partial charge < -0.3 is 4.42 Å². The van der Waals surface area contributed by atoms with Crippen molar-refractivity contribution < 1.29 is 4.42 Å². The molecule has 0 spiro atoms. The van der Waals surface area contributed by atoms with Gasteiger partial charge in [-0.2, -0.15) is 0 Å². The third-order valence-corrected chi connectivity index (χ3v) is 5.71. The van der Waals surface area contributed by atoms with Crippen molar-refractivity contribution in [3.63, 3.8) is 0 Å². The summed E-state index contributed by atoms with van der Waals surface area (Å²) >= 11 is 0. The van der Waals surface area contributed by atoms with Crippen LogP contribution in [0.3, 0.4) is 0 Å². The molecule has 0 bridgehead atoms. The lowest BCUT2D eigenvalue weighted by Crippen LogP contribution is -2.03. The predicted molar refractivity (Wildman–Crippen MR) is 120 cm³/mol. The van der Waals surface area contributed by atoms with Gasteiger partial charge in [-0.25, -0.2) is 9.97 Å². The van der Waals surface area contributed by atoms with Crippen LogP contribution in [0.5, 0.6) is 0 Å². The van der Waals surface area contributed by atoms with Gasteiger partial charge in [-0.05, 0) is 67.1 Å². The van der Waals surface area contributed by atoms with Crippen molar-refractivity contribution in [3.8, 4) is 11.4 Å². The molecule has 0 unspecified atom stereocenters. The van der Waals surface area contributed by atoms with E-state index in [4.69, 9.17) is 14.4 Å². The van der Waals surface area contributed by atoms with Crippen molar-refractivity contribution in [1.82, 2.24) is 9.97 Å². The lowest BCUT2D eigenvalue weighted by Gasteiger charge is -2.15. The summed E-state index contributed by atoms with van der Waals surface area (Å²) in [6.45, 7) is 8.74. The summed E-state index contributed by atoms with van der Waals surface area (Å²) in [6.07, 6.45) is 0.970. The average molecular weight is 380 g/mol. The molecule has 29 heavy (non-hydrogen) atoms. The number of aromatic nitrogens is 2. The van der Waals surface area contributed by atoms with Crippen LogP contribution >= 0.6 is 0 Å². The zero-order valence-corrected chi connectivity index (χ0v) is 17.3. The fraction of sp³-hybridized carbons (Fsp3) is 0.231. The number of pyridine rings is 2. The minimum Gasteiger partial charge on any atom is -0.454 e. The Morgan fingerprint density at radius 3 is 2.45 bits per heavy atom. The Hall–Kier alpha value is -3.20. The second-order valence-electron chi connectivity index (χ2n) is 8.27. The monoisotopic (exact) mass is 380 g/mol. The molecule has 2 aromatic carbocycles. The maximum absolute atomic E-state index is 6.14. The van der Waals surface area contributed by atoms with Crippen LogP contribution in [-0.4, -0.2) is 9.97 Å². The molecule has 0 N–H and O–H groups in total. The van der Waals surface area contributed by atoms with Crippen molar-refractivity contribution in [1.29, 1.82) is 0 Å². The number of fused-ring (bicyclic) bond motifs is 4. The van der Waals surface area contributed by atoms with E-state index in [2.05, 4.69) is 58.0 Å². The van der Waals surface area contributed by atoms with Crippen LogP contribution in [0.25, 0.3) is 44.4 Å². The molecule has 0 radical (unpaired) electrons. The molecule has 0 aliphatic carbocycles. The van der Waals surface area contributed by atoms with Gasteiger partial charge in [-0.1, -0.05) is 44.2 Å². The summed E-state index contributed by atoms with van der Waals surface area (Å²) in [5.74, 6) is 0.539. The molecule has 5 rings (SSSR count). The van der Waals surface area contributed by atoms with E-state index in [9.17, 15) is 0 Å². The molecule has 0 atom stereocenters. The van der Waals surface area contributed by atoms with E-state index < -0.39 is 0 Å². The predicted octanol–water partition coefficient (Wildman–Crippen LogP) is 7.01. The highest BCUT2D eigenvalue weighted by Crippen LogP contribution is 2.36. The van der Waals surface area contributed by atoms with E-state index in [-0.39, 0.29) is 0 Å². The van der Waals surface area contributed by atoms with Gasteiger partial charge in [0.2, 0.25) is 0 Å². The van der Waals surface area contributed by atoms with Gasteiger partial charge in [-0.3, -0.25) is 0 Å². The fourth-order valence-electron chi connectivity index (χ4n) is 4.13. The highest BCUT2D eigenvalue weighted by atomic mass is 16.3. The van der Waals surface area contributed by atoms with Crippen molar-refractivity contribution >= 4 is 33.0 Å². The summed E-state index contributed by atoms with van der Waals surface area (Å²) in [5, 5.41) is 2.23. The highest BCUT2D eigenvalue weighted by Gasteiger charge is 2.20. The van der Waals surface area contributed by atoms with Crippen LogP contribution in [0, 0.1) is 19.8 Å². The van der Waals surface area contributed by atoms with E-state index in [1.165, 1.54) is 10.9 Å². The first-order valence-corrected chi connectivity index (χ1v) is 10.2. The second kappa shape index (κ2) is 6.70. The Morgan fingerprint density at radius 1 is 0.862 bits per heavy atom. The van der Waals surface area contributed by atoms with Crippen molar-refractivity contribution in [2.45, 2.75) is 34.1 Å². The largest absolute Gasteiger partial charge is 0.454 e. The summed E-state index contributed by atoms with van der Waals surface area (Å²) in [5.41, 5.74) is 9.14. The Balaban J connectivity index is 1.86.